The Balaban J connectivity index is 1.33. The quantitative estimate of drug-likeness (QED) is 0.512. The number of rotatable bonds is 4. The summed E-state index contributed by atoms with van der Waals surface area (Å²) in [6.07, 6.45) is 0. The largest absolute Gasteiger partial charge is 0.367 e. The lowest BCUT2D eigenvalue weighted by Gasteiger charge is -2.36. The number of amides is 2. The Morgan fingerprint density at radius 3 is 2.15 bits per heavy atom. The molecule has 1 aliphatic rings. The van der Waals surface area contributed by atoms with Gasteiger partial charge in [0.05, 0.1) is 10.7 Å². The molecule has 0 radical (unpaired) electrons. The highest BCUT2D eigenvalue weighted by atomic mass is 35.5. The average Bonchev–Trinajstić information content (AvgIpc) is 2.85. The molecular formula is C26H25ClN4O2S. The van der Waals surface area contributed by atoms with Crippen LogP contribution in [0.5, 0.6) is 0 Å². The summed E-state index contributed by atoms with van der Waals surface area (Å²) >= 11 is 11.8. The summed E-state index contributed by atoms with van der Waals surface area (Å²) in [6.45, 7) is 4.39. The molecule has 6 nitrogen and oxygen atoms in total. The molecule has 4 rings (SSSR count). The first kappa shape index (κ1) is 23.7. The first-order valence-electron chi connectivity index (χ1n) is 11.0. The van der Waals surface area contributed by atoms with Crippen LogP contribution in [0.1, 0.15) is 17.3 Å². The van der Waals surface area contributed by atoms with Crippen LogP contribution in [-0.4, -0.2) is 48.0 Å². The molecule has 1 aliphatic heterocycles. The summed E-state index contributed by atoms with van der Waals surface area (Å²) in [4.78, 5) is 28.1. The highest BCUT2D eigenvalue weighted by Crippen LogP contribution is 2.29. The molecule has 174 valence electrons. The third kappa shape index (κ3) is 5.73. The molecule has 2 N–H and O–H groups in total. The standard InChI is InChI=1S/C26H25ClN4O2S/c1-18(32)30-13-15-31(16-14-30)24-12-11-22(17-23(24)27)28-26(34)29-25(33)21-9-7-20(8-10-21)19-5-3-2-4-6-19/h2-12,17H,13-16H2,1H3,(H2,28,29,33,34). The summed E-state index contributed by atoms with van der Waals surface area (Å²) in [7, 11) is 0. The number of hydrogen-bond acceptors (Lipinski definition) is 4. The van der Waals surface area contributed by atoms with Gasteiger partial charge in [0.2, 0.25) is 5.91 Å². The molecular weight excluding hydrogens is 468 g/mol. The average molecular weight is 493 g/mol. The van der Waals surface area contributed by atoms with Gasteiger partial charge in [-0.3, -0.25) is 14.9 Å². The number of hydrogen-bond donors (Lipinski definition) is 2. The van der Waals surface area contributed by atoms with Crippen molar-refractivity contribution in [2.75, 3.05) is 36.4 Å². The maximum Gasteiger partial charge on any atom is 0.257 e. The van der Waals surface area contributed by atoms with Gasteiger partial charge in [0, 0.05) is 44.4 Å². The van der Waals surface area contributed by atoms with E-state index in [1.54, 1.807) is 25.1 Å². The van der Waals surface area contributed by atoms with Crippen LogP contribution < -0.4 is 15.5 Å². The fourth-order valence-corrected chi connectivity index (χ4v) is 4.40. The summed E-state index contributed by atoms with van der Waals surface area (Å²) in [5.41, 5.74) is 4.23. The lowest BCUT2D eigenvalue weighted by atomic mass is 10.0. The molecule has 1 heterocycles. The van der Waals surface area contributed by atoms with Gasteiger partial charge in [-0.1, -0.05) is 54.1 Å². The number of piperazine rings is 1. The van der Waals surface area contributed by atoms with E-state index in [9.17, 15) is 9.59 Å². The van der Waals surface area contributed by atoms with Crippen molar-refractivity contribution >= 4 is 52.1 Å². The number of carbonyl (C=O) groups excluding carboxylic acids is 2. The van der Waals surface area contributed by atoms with Gasteiger partial charge >= 0.3 is 0 Å². The van der Waals surface area contributed by atoms with E-state index in [4.69, 9.17) is 23.8 Å². The third-order valence-electron chi connectivity index (χ3n) is 5.75. The topological polar surface area (TPSA) is 64.7 Å². The summed E-state index contributed by atoms with van der Waals surface area (Å²) in [6, 6.07) is 22.9. The maximum absolute atomic E-state index is 12.6. The van der Waals surface area contributed by atoms with E-state index < -0.39 is 0 Å². The molecule has 2 amide bonds. The van der Waals surface area contributed by atoms with Gasteiger partial charge in [0.15, 0.2) is 5.11 Å². The smallest absolute Gasteiger partial charge is 0.257 e. The van der Waals surface area contributed by atoms with Crippen LogP contribution in [0, 0.1) is 0 Å². The number of carbonyl (C=O) groups is 2. The molecule has 3 aromatic rings. The van der Waals surface area contributed by atoms with Gasteiger partial charge in [-0.2, -0.15) is 0 Å². The molecule has 34 heavy (non-hydrogen) atoms. The monoisotopic (exact) mass is 492 g/mol. The number of anilines is 2. The van der Waals surface area contributed by atoms with E-state index in [1.807, 2.05) is 59.5 Å². The minimum absolute atomic E-state index is 0.0907. The lowest BCUT2D eigenvalue weighted by Crippen LogP contribution is -2.48. The van der Waals surface area contributed by atoms with Gasteiger partial charge in [0.1, 0.15) is 0 Å². The van der Waals surface area contributed by atoms with Gasteiger partial charge in [0.25, 0.3) is 5.91 Å². The SMILES string of the molecule is CC(=O)N1CCN(c2ccc(NC(=S)NC(=O)c3ccc(-c4ccccc4)cc3)cc2Cl)CC1. The Bertz CT molecular complexity index is 1190. The van der Waals surface area contributed by atoms with Crippen molar-refractivity contribution in [2.24, 2.45) is 0 Å². The number of nitrogens with zero attached hydrogens (tertiary/aromatic N) is 2. The van der Waals surface area contributed by atoms with Crippen molar-refractivity contribution in [2.45, 2.75) is 6.92 Å². The minimum Gasteiger partial charge on any atom is -0.367 e. The maximum atomic E-state index is 12.6. The fourth-order valence-electron chi connectivity index (χ4n) is 3.89. The Hall–Kier alpha value is -3.42. The predicted octanol–water partition coefficient (Wildman–Crippen LogP) is 4.80. The minimum atomic E-state index is -0.289. The highest BCUT2D eigenvalue weighted by molar-refractivity contribution is 7.80. The first-order chi connectivity index (χ1) is 16.4. The highest BCUT2D eigenvalue weighted by Gasteiger charge is 2.20. The number of benzene rings is 3. The normalized spacial score (nSPS) is 13.4. The molecule has 1 fully saturated rings. The van der Waals surface area contributed by atoms with Gasteiger partial charge < -0.3 is 15.1 Å². The van der Waals surface area contributed by atoms with Crippen LogP contribution in [-0.2, 0) is 4.79 Å². The second-order valence-electron chi connectivity index (χ2n) is 8.01. The molecule has 0 bridgehead atoms. The second kappa shape index (κ2) is 10.7. The van der Waals surface area contributed by atoms with Crippen LogP contribution in [0.3, 0.4) is 0 Å². The van der Waals surface area contributed by atoms with Crippen molar-refractivity contribution in [3.8, 4) is 11.1 Å². The van der Waals surface area contributed by atoms with Crippen molar-refractivity contribution in [1.82, 2.24) is 10.2 Å². The van der Waals surface area contributed by atoms with Crippen LogP contribution in [0.2, 0.25) is 5.02 Å². The first-order valence-corrected chi connectivity index (χ1v) is 11.8. The molecule has 0 atom stereocenters. The van der Waals surface area contributed by atoms with Crippen LogP contribution in [0.4, 0.5) is 11.4 Å². The molecule has 0 saturated carbocycles. The number of thiocarbonyl (C=S) groups is 1. The van der Waals surface area contributed by atoms with Gasteiger partial charge in [-0.15, -0.1) is 0 Å². The van der Waals surface area contributed by atoms with E-state index in [0.717, 1.165) is 29.9 Å². The molecule has 3 aromatic carbocycles. The Morgan fingerprint density at radius 2 is 1.53 bits per heavy atom. The zero-order valence-corrected chi connectivity index (χ0v) is 20.3. The molecule has 8 heteroatoms. The fraction of sp³-hybridized carbons (Fsp3) is 0.192. The summed E-state index contributed by atoms with van der Waals surface area (Å²) in [5, 5.41) is 6.49. The molecule has 1 saturated heterocycles. The Labute approximate surface area is 209 Å². The van der Waals surface area contributed by atoms with Crippen molar-refractivity contribution in [3.05, 3.63) is 83.4 Å². The van der Waals surface area contributed by atoms with E-state index in [2.05, 4.69) is 15.5 Å². The Morgan fingerprint density at radius 1 is 0.882 bits per heavy atom. The van der Waals surface area contributed by atoms with E-state index in [-0.39, 0.29) is 16.9 Å². The lowest BCUT2D eigenvalue weighted by molar-refractivity contribution is -0.129. The van der Waals surface area contributed by atoms with Crippen molar-refractivity contribution < 1.29 is 9.59 Å². The Kier molecular flexibility index (Phi) is 7.45. The molecule has 0 aromatic heterocycles. The number of nitrogens with one attached hydrogen (secondary N) is 2. The van der Waals surface area contributed by atoms with E-state index >= 15 is 0 Å². The second-order valence-corrected chi connectivity index (χ2v) is 8.83. The van der Waals surface area contributed by atoms with Gasteiger partial charge in [-0.05, 0) is 53.7 Å². The number of halogens is 1. The van der Waals surface area contributed by atoms with Crippen molar-refractivity contribution in [3.63, 3.8) is 0 Å². The third-order valence-corrected chi connectivity index (χ3v) is 6.26. The van der Waals surface area contributed by atoms with Crippen LogP contribution in [0.15, 0.2) is 72.8 Å². The molecule has 0 unspecified atom stereocenters. The zero-order chi connectivity index (χ0) is 24.1. The predicted molar refractivity (Wildman–Crippen MR) is 141 cm³/mol. The van der Waals surface area contributed by atoms with Crippen molar-refractivity contribution in [1.29, 1.82) is 0 Å². The van der Waals surface area contributed by atoms with E-state index in [0.29, 0.717) is 29.4 Å². The van der Waals surface area contributed by atoms with Crippen LogP contribution in [0.25, 0.3) is 11.1 Å². The summed E-state index contributed by atoms with van der Waals surface area (Å²) in [5.74, 6) is -0.198. The van der Waals surface area contributed by atoms with Gasteiger partial charge in [-0.25, -0.2) is 0 Å². The summed E-state index contributed by atoms with van der Waals surface area (Å²) < 4.78 is 0. The molecule has 0 spiro atoms. The van der Waals surface area contributed by atoms with E-state index in [1.165, 1.54) is 0 Å². The zero-order valence-electron chi connectivity index (χ0n) is 18.8. The van der Waals surface area contributed by atoms with Crippen LogP contribution >= 0.6 is 23.8 Å². The molecule has 0 aliphatic carbocycles.